The standard InChI is InChI=1S/C25H20Br2ClN3O2S/c26-16-6-11-22-20(12-16)24(32)31(23(30-22)15-4-2-1-3-5-15)29-14-18-13-21(27)25(33-18)34-19-9-7-17(28)8-10-19/h6-15H,1-5H2. The first-order valence-corrected chi connectivity index (χ1v) is 13.8. The van der Waals surface area contributed by atoms with E-state index >= 15 is 0 Å². The molecule has 2 heterocycles. The van der Waals surface area contributed by atoms with Crippen molar-refractivity contribution in [3.05, 3.63) is 84.4 Å². The number of hydrogen-bond donors (Lipinski definition) is 0. The minimum Gasteiger partial charge on any atom is -0.447 e. The Balaban J connectivity index is 1.51. The van der Waals surface area contributed by atoms with Crippen LogP contribution in [0.25, 0.3) is 10.9 Å². The summed E-state index contributed by atoms with van der Waals surface area (Å²) >= 11 is 14.5. The molecule has 0 bridgehead atoms. The van der Waals surface area contributed by atoms with Crippen LogP contribution in [0.4, 0.5) is 0 Å². The second kappa shape index (κ2) is 10.4. The molecule has 9 heteroatoms. The van der Waals surface area contributed by atoms with Crippen molar-refractivity contribution < 1.29 is 4.42 Å². The van der Waals surface area contributed by atoms with Crippen molar-refractivity contribution >= 4 is 72.3 Å². The lowest BCUT2D eigenvalue weighted by atomic mass is 9.88. The summed E-state index contributed by atoms with van der Waals surface area (Å²) in [7, 11) is 0. The first-order chi connectivity index (χ1) is 16.5. The zero-order valence-electron chi connectivity index (χ0n) is 18.0. The van der Waals surface area contributed by atoms with Crippen LogP contribution in [0, 0.1) is 0 Å². The number of benzene rings is 2. The number of halogens is 3. The number of fused-ring (bicyclic) bond motifs is 1. The van der Waals surface area contributed by atoms with E-state index in [1.165, 1.54) is 22.9 Å². The smallest absolute Gasteiger partial charge is 0.282 e. The Morgan fingerprint density at radius 3 is 2.62 bits per heavy atom. The summed E-state index contributed by atoms with van der Waals surface area (Å²) in [5, 5.41) is 6.48. The molecule has 2 aromatic carbocycles. The maximum absolute atomic E-state index is 13.4. The second-order valence-electron chi connectivity index (χ2n) is 8.17. The van der Waals surface area contributed by atoms with Crippen molar-refractivity contribution in [3.63, 3.8) is 0 Å². The fourth-order valence-corrected chi connectivity index (χ4v) is 5.95. The zero-order valence-corrected chi connectivity index (χ0v) is 22.8. The molecule has 0 amide bonds. The Bertz CT molecular complexity index is 1430. The van der Waals surface area contributed by atoms with Crippen LogP contribution in [-0.4, -0.2) is 15.9 Å². The molecule has 5 rings (SSSR count). The zero-order chi connectivity index (χ0) is 23.7. The largest absolute Gasteiger partial charge is 0.447 e. The van der Waals surface area contributed by atoms with Crippen LogP contribution in [0.1, 0.15) is 49.6 Å². The summed E-state index contributed by atoms with van der Waals surface area (Å²) in [5.74, 6) is 1.47. The average Bonchev–Trinajstić information content (AvgIpc) is 3.19. The molecule has 34 heavy (non-hydrogen) atoms. The number of aromatic nitrogens is 2. The van der Waals surface area contributed by atoms with E-state index in [4.69, 9.17) is 21.0 Å². The molecule has 0 aliphatic heterocycles. The van der Waals surface area contributed by atoms with Gasteiger partial charge in [-0.1, -0.05) is 58.6 Å². The molecule has 0 N–H and O–H groups in total. The molecule has 1 aliphatic carbocycles. The second-order valence-corrected chi connectivity index (χ2v) is 11.4. The number of furan rings is 1. The molecule has 1 aliphatic rings. The van der Waals surface area contributed by atoms with Gasteiger partial charge in [0.2, 0.25) is 0 Å². The molecule has 174 valence electrons. The SMILES string of the molecule is O=c1c2cc(Br)ccc2nc(C2CCCCC2)n1N=Cc1cc(Br)c(Sc2ccc(Cl)cc2)o1. The fourth-order valence-electron chi connectivity index (χ4n) is 4.13. The van der Waals surface area contributed by atoms with E-state index in [2.05, 4.69) is 37.0 Å². The summed E-state index contributed by atoms with van der Waals surface area (Å²) < 4.78 is 9.09. The molecule has 1 fully saturated rings. The van der Waals surface area contributed by atoms with Crippen LogP contribution >= 0.6 is 55.2 Å². The van der Waals surface area contributed by atoms with E-state index in [0.717, 1.165) is 45.3 Å². The van der Waals surface area contributed by atoms with Gasteiger partial charge in [0.1, 0.15) is 11.6 Å². The van der Waals surface area contributed by atoms with Gasteiger partial charge in [-0.15, -0.1) is 0 Å². The van der Waals surface area contributed by atoms with Crippen molar-refractivity contribution in [3.8, 4) is 0 Å². The number of rotatable bonds is 5. The van der Waals surface area contributed by atoms with E-state index in [1.807, 2.05) is 42.5 Å². The molecule has 0 atom stereocenters. The van der Waals surface area contributed by atoms with Gasteiger partial charge in [0, 0.05) is 26.4 Å². The fraction of sp³-hybridized carbons (Fsp3) is 0.240. The first kappa shape index (κ1) is 23.9. The van der Waals surface area contributed by atoms with Gasteiger partial charge >= 0.3 is 0 Å². The van der Waals surface area contributed by atoms with Gasteiger partial charge in [0.05, 0.1) is 21.6 Å². The number of hydrogen-bond acceptors (Lipinski definition) is 5. The third-order valence-electron chi connectivity index (χ3n) is 5.80. The predicted octanol–water partition coefficient (Wildman–Crippen LogP) is 8.25. The van der Waals surface area contributed by atoms with Crippen LogP contribution in [0.2, 0.25) is 5.02 Å². The summed E-state index contributed by atoms with van der Waals surface area (Å²) in [6.07, 6.45) is 7.10. The normalized spacial score (nSPS) is 14.9. The Kier molecular flexibility index (Phi) is 7.30. The first-order valence-electron chi connectivity index (χ1n) is 11.0. The highest BCUT2D eigenvalue weighted by Crippen LogP contribution is 2.36. The van der Waals surface area contributed by atoms with Crippen molar-refractivity contribution in [2.24, 2.45) is 5.10 Å². The van der Waals surface area contributed by atoms with E-state index in [0.29, 0.717) is 26.8 Å². The predicted molar refractivity (Wildman–Crippen MR) is 145 cm³/mol. The Morgan fingerprint density at radius 1 is 1.09 bits per heavy atom. The number of nitrogens with zero attached hydrogens (tertiary/aromatic N) is 3. The molecule has 5 nitrogen and oxygen atoms in total. The third kappa shape index (κ3) is 5.20. The maximum atomic E-state index is 13.4. The van der Waals surface area contributed by atoms with Gasteiger partial charge in [0.25, 0.3) is 5.56 Å². The summed E-state index contributed by atoms with van der Waals surface area (Å²) in [4.78, 5) is 19.3. The van der Waals surface area contributed by atoms with E-state index in [1.54, 1.807) is 12.3 Å². The Hall–Kier alpha value is -1.87. The van der Waals surface area contributed by atoms with Gasteiger partial charge in [-0.05, 0) is 71.2 Å². The highest BCUT2D eigenvalue weighted by Gasteiger charge is 2.22. The minimum atomic E-state index is -0.176. The lowest BCUT2D eigenvalue weighted by Crippen LogP contribution is -2.25. The van der Waals surface area contributed by atoms with Gasteiger partial charge in [-0.25, -0.2) is 4.98 Å². The van der Waals surface area contributed by atoms with Crippen LogP contribution in [0.5, 0.6) is 0 Å². The van der Waals surface area contributed by atoms with Gasteiger partial charge in [-0.3, -0.25) is 4.79 Å². The molecule has 1 saturated carbocycles. The van der Waals surface area contributed by atoms with Crippen molar-refractivity contribution in [2.75, 3.05) is 0 Å². The average molecular weight is 622 g/mol. The molecule has 4 aromatic rings. The quantitative estimate of drug-likeness (QED) is 0.211. The highest BCUT2D eigenvalue weighted by molar-refractivity contribution is 9.10. The van der Waals surface area contributed by atoms with Gasteiger partial charge < -0.3 is 4.42 Å². The molecular formula is C25H20Br2ClN3O2S. The van der Waals surface area contributed by atoms with E-state index < -0.39 is 0 Å². The third-order valence-corrected chi connectivity index (χ3v) is 8.40. The van der Waals surface area contributed by atoms with Crippen molar-refractivity contribution in [1.82, 2.24) is 9.66 Å². The highest BCUT2D eigenvalue weighted by atomic mass is 79.9. The molecule has 0 unspecified atom stereocenters. The lowest BCUT2D eigenvalue weighted by molar-refractivity contribution is 0.416. The summed E-state index contributed by atoms with van der Waals surface area (Å²) in [6, 6.07) is 15.0. The molecule has 0 saturated heterocycles. The van der Waals surface area contributed by atoms with Crippen LogP contribution < -0.4 is 5.56 Å². The Labute approximate surface area is 222 Å². The van der Waals surface area contributed by atoms with Crippen LogP contribution in [0.3, 0.4) is 0 Å². The van der Waals surface area contributed by atoms with Crippen molar-refractivity contribution in [1.29, 1.82) is 0 Å². The molecular weight excluding hydrogens is 602 g/mol. The van der Waals surface area contributed by atoms with E-state index in [-0.39, 0.29) is 11.5 Å². The Morgan fingerprint density at radius 2 is 1.85 bits per heavy atom. The van der Waals surface area contributed by atoms with E-state index in [9.17, 15) is 4.79 Å². The maximum Gasteiger partial charge on any atom is 0.282 e. The van der Waals surface area contributed by atoms with Gasteiger partial charge in [-0.2, -0.15) is 9.78 Å². The monoisotopic (exact) mass is 619 g/mol. The van der Waals surface area contributed by atoms with Crippen molar-refractivity contribution in [2.45, 2.75) is 48.0 Å². The molecule has 0 radical (unpaired) electrons. The lowest BCUT2D eigenvalue weighted by Gasteiger charge is -2.22. The topological polar surface area (TPSA) is 60.4 Å². The van der Waals surface area contributed by atoms with Crippen LogP contribution in [-0.2, 0) is 0 Å². The van der Waals surface area contributed by atoms with Gasteiger partial charge in [0.15, 0.2) is 5.09 Å². The molecule has 0 spiro atoms. The minimum absolute atomic E-state index is 0.176. The van der Waals surface area contributed by atoms with Crippen LogP contribution in [0.15, 0.2) is 81.8 Å². The summed E-state index contributed by atoms with van der Waals surface area (Å²) in [6.45, 7) is 0. The molecule has 2 aromatic heterocycles. The summed E-state index contributed by atoms with van der Waals surface area (Å²) in [5.41, 5.74) is 0.520.